The fraction of sp³-hybridized carbons (Fsp3) is 0. The molecular weight excluding hydrogens is 348 g/mol. The fourth-order valence-corrected chi connectivity index (χ4v) is 5.19. The summed E-state index contributed by atoms with van der Waals surface area (Å²) in [6.45, 7) is 0. The van der Waals surface area contributed by atoms with Crippen LogP contribution in [0, 0.1) is 0 Å². The third-order valence-electron chi connectivity index (χ3n) is 5.32. The molecule has 6 rings (SSSR count). The van der Waals surface area contributed by atoms with Crippen molar-refractivity contribution in [3.8, 4) is 5.69 Å². The predicted octanol–water partition coefficient (Wildman–Crippen LogP) is 6.73. The molecule has 6 aromatic rings. The van der Waals surface area contributed by atoms with Gasteiger partial charge in [-0.2, -0.15) is 0 Å². The molecule has 0 radical (unpaired) electrons. The van der Waals surface area contributed by atoms with Gasteiger partial charge in [0.25, 0.3) is 0 Å². The Kier molecular flexibility index (Phi) is 2.94. The molecule has 128 valence electrons. The van der Waals surface area contributed by atoms with Gasteiger partial charge in [0, 0.05) is 42.3 Å². The van der Waals surface area contributed by atoms with Crippen molar-refractivity contribution in [2.75, 3.05) is 5.73 Å². The van der Waals surface area contributed by atoms with Gasteiger partial charge in [0.15, 0.2) is 0 Å². The summed E-state index contributed by atoms with van der Waals surface area (Å²) in [6.07, 6.45) is 0. The summed E-state index contributed by atoms with van der Waals surface area (Å²) >= 11 is 1.82. The number of hydrogen-bond acceptors (Lipinski definition) is 2. The minimum Gasteiger partial charge on any atom is -0.399 e. The maximum absolute atomic E-state index is 6.05. The second kappa shape index (κ2) is 5.35. The highest BCUT2D eigenvalue weighted by atomic mass is 32.1. The summed E-state index contributed by atoms with van der Waals surface area (Å²) in [4.78, 5) is 0. The normalized spacial score (nSPS) is 11.9. The van der Waals surface area contributed by atoms with Crippen LogP contribution in [0.25, 0.3) is 47.7 Å². The number of hydrogen-bond donors (Lipinski definition) is 1. The Morgan fingerprint density at radius 1 is 0.593 bits per heavy atom. The molecule has 2 N–H and O–H groups in total. The topological polar surface area (TPSA) is 30.9 Å². The molecule has 0 bridgehead atoms. The SMILES string of the molecule is Nc1ccc2sc3ccc(-n4c5ccccc5c5ccccc54)cc3c2c1. The number of rotatable bonds is 1. The van der Waals surface area contributed by atoms with Crippen LogP contribution in [0.15, 0.2) is 84.9 Å². The van der Waals surface area contributed by atoms with Gasteiger partial charge in [-0.15, -0.1) is 11.3 Å². The summed E-state index contributed by atoms with van der Waals surface area (Å²) in [5, 5.41) is 5.07. The van der Waals surface area contributed by atoms with E-state index in [4.69, 9.17) is 5.73 Å². The number of nitrogens with zero attached hydrogens (tertiary/aromatic N) is 1. The molecule has 0 aliphatic carbocycles. The molecule has 3 heteroatoms. The van der Waals surface area contributed by atoms with Crippen LogP contribution in [0.1, 0.15) is 0 Å². The minimum absolute atomic E-state index is 0.810. The lowest BCUT2D eigenvalue weighted by Gasteiger charge is -2.08. The molecule has 0 unspecified atom stereocenters. The molecule has 0 atom stereocenters. The third-order valence-corrected chi connectivity index (χ3v) is 6.47. The largest absolute Gasteiger partial charge is 0.399 e. The highest BCUT2D eigenvalue weighted by Crippen LogP contribution is 2.38. The average Bonchev–Trinajstić information content (AvgIpc) is 3.23. The van der Waals surface area contributed by atoms with E-state index in [0.717, 1.165) is 5.69 Å². The number of nitrogen functional groups attached to an aromatic ring is 1. The summed E-state index contributed by atoms with van der Waals surface area (Å²) in [5.74, 6) is 0. The van der Waals surface area contributed by atoms with Gasteiger partial charge < -0.3 is 10.3 Å². The van der Waals surface area contributed by atoms with Gasteiger partial charge >= 0.3 is 0 Å². The Morgan fingerprint density at radius 2 is 1.19 bits per heavy atom. The molecule has 27 heavy (non-hydrogen) atoms. The second-order valence-electron chi connectivity index (χ2n) is 6.91. The lowest BCUT2D eigenvalue weighted by Crippen LogP contribution is -1.93. The van der Waals surface area contributed by atoms with Crippen LogP contribution >= 0.6 is 11.3 Å². The van der Waals surface area contributed by atoms with E-state index in [0.29, 0.717) is 0 Å². The Morgan fingerprint density at radius 3 is 1.89 bits per heavy atom. The van der Waals surface area contributed by atoms with Gasteiger partial charge in [0.1, 0.15) is 0 Å². The smallest absolute Gasteiger partial charge is 0.0541 e. The lowest BCUT2D eigenvalue weighted by molar-refractivity contribution is 1.19. The monoisotopic (exact) mass is 364 g/mol. The third kappa shape index (κ3) is 2.06. The van der Waals surface area contributed by atoms with Crippen LogP contribution in [0.5, 0.6) is 0 Å². The van der Waals surface area contributed by atoms with Crippen molar-refractivity contribution in [3.63, 3.8) is 0 Å². The molecule has 2 aromatic heterocycles. The van der Waals surface area contributed by atoms with Crippen molar-refractivity contribution in [1.82, 2.24) is 4.57 Å². The molecule has 0 spiro atoms. The molecule has 0 saturated heterocycles. The first-order chi connectivity index (χ1) is 13.3. The standard InChI is InChI=1S/C24H16N2S/c25-15-9-11-23-19(13-15)20-14-16(10-12-24(20)27-23)26-21-7-3-1-5-17(21)18-6-2-4-8-22(18)26/h1-14H,25H2. The molecule has 0 saturated carbocycles. The molecule has 0 amide bonds. The van der Waals surface area contributed by atoms with Crippen LogP contribution in [-0.4, -0.2) is 4.57 Å². The predicted molar refractivity (Wildman–Crippen MR) is 118 cm³/mol. The van der Waals surface area contributed by atoms with Crippen molar-refractivity contribution in [1.29, 1.82) is 0 Å². The van der Waals surface area contributed by atoms with Crippen molar-refractivity contribution in [2.24, 2.45) is 0 Å². The van der Waals surface area contributed by atoms with Crippen LogP contribution in [0.2, 0.25) is 0 Å². The van der Waals surface area contributed by atoms with Gasteiger partial charge in [-0.1, -0.05) is 36.4 Å². The van der Waals surface area contributed by atoms with E-state index in [1.165, 1.54) is 47.7 Å². The molecule has 2 nitrogen and oxygen atoms in total. The molecular formula is C24H16N2S. The van der Waals surface area contributed by atoms with Crippen molar-refractivity contribution in [3.05, 3.63) is 84.9 Å². The van der Waals surface area contributed by atoms with Crippen molar-refractivity contribution < 1.29 is 0 Å². The van der Waals surface area contributed by atoms with Crippen LogP contribution in [-0.2, 0) is 0 Å². The van der Waals surface area contributed by atoms with Gasteiger partial charge in [0.05, 0.1) is 11.0 Å². The quantitative estimate of drug-likeness (QED) is 0.322. The number of benzene rings is 4. The number of thiophene rings is 1. The van der Waals surface area contributed by atoms with Gasteiger partial charge in [0.2, 0.25) is 0 Å². The van der Waals surface area contributed by atoms with Crippen LogP contribution in [0.4, 0.5) is 5.69 Å². The zero-order valence-corrected chi connectivity index (χ0v) is 15.3. The first kappa shape index (κ1) is 14.8. The average molecular weight is 364 g/mol. The number of anilines is 1. The van der Waals surface area contributed by atoms with Gasteiger partial charge in [-0.25, -0.2) is 0 Å². The Balaban J connectivity index is 1.74. The van der Waals surface area contributed by atoms with E-state index in [1.807, 2.05) is 17.4 Å². The lowest BCUT2D eigenvalue weighted by atomic mass is 10.1. The van der Waals surface area contributed by atoms with E-state index in [1.54, 1.807) is 0 Å². The Hall–Kier alpha value is -3.30. The minimum atomic E-state index is 0.810. The fourth-order valence-electron chi connectivity index (χ4n) is 4.12. The van der Waals surface area contributed by atoms with E-state index in [9.17, 15) is 0 Å². The first-order valence-electron chi connectivity index (χ1n) is 9.00. The summed E-state index contributed by atoms with van der Waals surface area (Å²) < 4.78 is 4.93. The maximum atomic E-state index is 6.05. The zero-order valence-electron chi connectivity index (χ0n) is 14.5. The highest BCUT2D eigenvalue weighted by Gasteiger charge is 2.13. The van der Waals surface area contributed by atoms with Gasteiger partial charge in [-0.05, 0) is 48.5 Å². The first-order valence-corrected chi connectivity index (χ1v) is 9.82. The molecule has 0 aliphatic rings. The van der Waals surface area contributed by atoms with Crippen molar-refractivity contribution in [2.45, 2.75) is 0 Å². The van der Waals surface area contributed by atoms with Crippen molar-refractivity contribution >= 4 is 59.0 Å². The summed E-state index contributed by atoms with van der Waals surface area (Å²) in [6, 6.07) is 30.2. The second-order valence-corrected chi connectivity index (χ2v) is 7.99. The van der Waals surface area contributed by atoms with Crippen LogP contribution < -0.4 is 5.73 Å². The van der Waals surface area contributed by atoms with E-state index < -0.39 is 0 Å². The number of para-hydroxylation sites is 2. The highest BCUT2D eigenvalue weighted by molar-refractivity contribution is 7.25. The number of aromatic nitrogens is 1. The summed E-state index contributed by atoms with van der Waals surface area (Å²) in [5.41, 5.74) is 10.5. The van der Waals surface area contributed by atoms with E-state index in [2.05, 4.69) is 83.4 Å². The number of fused-ring (bicyclic) bond motifs is 6. The number of nitrogens with two attached hydrogens (primary N) is 1. The summed E-state index contributed by atoms with van der Waals surface area (Å²) in [7, 11) is 0. The van der Waals surface area contributed by atoms with E-state index in [-0.39, 0.29) is 0 Å². The van der Waals surface area contributed by atoms with Crippen LogP contribution in [0.3, 0.4) is 0 Å². The molecule has 4 aromatic carbocycles. The molecule has 0 aliphatic heterocycles. The van der Waals surface area contributed by atoms with Gasteiger partial charge in [-0.3, -0.25) is 0 Å². The maximum Gasteiger partial charge on any atom is 0.0541 e. The Bertz CT molecular complexity index is 1430. The van der Waals surface area contributed by atoms with E-state index >= 15 is 0 Å². The Labute approximate surface area is 160 Å². The molecule has 0 fully saturated rings. The molecule has 2 heterocycles. The zero-order chi connectivity index (χ0) is 18.0.